The van der Waals surface area contributed by atoms with Crippen LogP contribution in [0.5, 0.6) is 0 Å². The Morgan fingerprint density at radius 3 is 2.61 bits per heavy atom. The molecule has 0 aliphatic carbocycles. The smallest absolute Gasteiger partial charge is 0.240 e. The van der Waals surface area contributed by atoms with Gasteiger partial charge >= 0.3 is 0 Å². The predicted octanol–water partition coefficient (Wildman–Crippen LogP) is 2.47. The number of imidazole rings is 1. The van der Waals surface area contributed by atoms with Crippen molar-refractivity contribution in [3.8, 4) is 5.69 Å². The van der Waals surface area contributed by atoms with E-state index in [0.29, 0.717) is 30.9 Å². The van der Waals surface area contributed by atoms with Crippen molar-refractivity contribution in [3.63, 3.8) is 0 Å². The summed E-state index contributed by atoms with van der Waals surface area (Å²) in [5, 5.41) is 7.41. The highest BCUT2D eigenvalue weighted by Crippen LogP contribution is 2.22. The fourth-order valence-corrected chi connectivity index (χ4v) is 3.60. The lowest BCUT2D eigenvalue weighted by Crippen LogP contribution is -2.42. The molecular formula is C20H26N6O2. The molecule has 0 unspecified atom stereocenters. The maximum Gasteiger partial charge on any atom is 0.240 e. The Labute approximate surface area is 164 Å². The molecule has 28 heavy (non-hydrogen) atoms. The number of rotatable bonds is 7. The van der Waals surface area contributed by atoms with Gasteiger partial charge < -0.3 is 24.0 Å². The summed E-state index contributed by atoms with van der Waals surface area (Å²) in [7, 11) is 1.62. The van der Waals surface area contributed by atoms with E-state index in [9.17, 15) is 0 Å². The number of ether oxygens (including phenoxy) is 1. The number of nitrogens with zero attached hydrogens (tertiary/aromatic N) is 5. The molecule has 1 fully saturated rings. The van der Waals surface area contributed by atoms with Crippen LogP contribution in [-0.2, 0) is 17.9 Å². The second kappa shape index (κ2) is 8.53. The van der Waals surface area contributed by atoms with E-state index >= 15 is 0 Å². The molecule has 0 saturated carbocycles. The van der Waals surface area contributed by atoms with Gasteiger partial charge in [0.1, 0.15) is 12.4 Å². The molecule has 0 radical (unpaired) electrons. The van der Waals surface area contributed by atoms with Crippen molar-refractivity contribution >= 4 is 5.69 Å². The van der Waals surface area contributed by atoms with Crippen LogP contribution in [0.3, 0.4) is 0 Å². The quantitative estimate of drug-likeness (QED) is 0.672. The zero-order valence-corrected chi connectivity index (χ0v) is 16.3. The summed E-state index contributed by atoms with van der Waals surface area (Å²) < 4.78 is 12.3. The third-order valence-electron chi connectivity index (χ3n) is 5.14. The Hall–Kier alpha value is -2.71. The van der Waals surface area contributed by atoms with Crippen LogP contribution in [0, 0.1) is 6.92 Å². The van der Waals surface area contributed by atoms with E-state index in [1.807, 2.05) is 19.3 Å². The Bertz CT molecular complexity index is 880. The predicted molar refractivity (Wildman–Crippen MR) is 105 cm³/mol. The molecule has 4 rings (SSSR count). The lowest BCUT2D eigenvalue weighted by atomic mass is 10.0. The first-order chi connectivity index (χ1) is 13.7. The Kier molecular flexibility index (Phi) is 5.68. The molecule has 8 heteroatoms. The van der Waals surface area contributed by atoms with E-state index in [4.69, 9.17) is 9.26 Å². The van der Waals surface area contributed by atoms with E-state index in [0.717, 1.165) is 37.4 Å². The molecule has 1 aliphatic heterocycles. The van der Waals surface area contributed by atoms with Crippen molar-refractivity contribution in [2.24, 2.45) is 0 Å². The molecule has 0 amide bonds. The maximum atomic E-state index is 5.23. The Balaban J connectivity index is 1.27. The molecule has 0 bridgehead atoms. The van der Waals surface area contributed by atoms with Gasteiger partial charge in [0.25, 0.3) is 0 Å². The molecule has 3 aromatic rings. The summed E-state index contributed by atoms with van der Waals surface area (Å²) in [6.45, 7) is 5.04. The minimum Gasteiger partial charge on any atom is -0.377 e. The lowest BCUT2D eigenvalue weighted by molar-refractivity contribution is 0.174. The van der Waals surface area contributed by atoms with Gasteiger partial charge in [0.15, 0.2) is 5.82 Å². The van der Waals surface area contributed by atoms with Gasteiger partial charge in [0.2, 0.25) is 5.89 Å². The first kappa shape index (κ1) is 18.6. The van der Waals surface area contributed by atoms with Crippen LogP contribution in [0.4, 0.5) is 5.69 Å². The summed E-state index contributed by atoms with van der Waals surface area (Å²) >= 11 is 0. The minimum absolute atomic E-state index is 0.376. The average molecular weight is 382 g/mol. The van der Waals surface area contributed by atoms with Gasteiger partial charge in [-0.2, -0.15) is 4.98 Å². The summed E-state index contributed by atoms with van der Waals surface area (Å²) in [5.41, 5.74) is 2.41. The number of nitrogens with one attached hydrogen (secondary N) is 1. The normalized spacial score (nSPS) is 15.3. The maximum absolute atomic E-state index is 5.23. The highest BCUT2D eigenvalue weighted by molar-refractivity contribution is 5.51. The summed E-state index contributed by atoms with van der Waals surface area (Å²) in [4.78, 5) is 11.0. The zero-order valence-electron chi connectivity index (χ0n) is 16.3. The van der Waals surface area contributed by atoms with E-state index < -0.39 is 0 Å². The van der Waals surface area contributed by atoms with Crippen LogP contribution in [0.15, 0.2) is 41.2 Å². The summed E-state index contributed by atoms with van der Waals surface area (Å²) in [6.07, 6.45) is 5.99. The number of aromatic nitrogens is 4. The molecule has 1 aliphatic rings. The number of hydrogen-bond acceptors (Lipinski definition) is 7. The summed E-state index contributed by atoms with van der Waals surface area (Å²) in [6, 6.07) is 9.15. The fraction of sp³-hybridized carbons (Fsp3) is 0.450. The number of piperidine rings is 1. The highest BCUT2D eigenvalue weighted by atomic mass is 16.5. The number of benzene rings is 1. The van der Waals surface area contributed by atoms with Crippen molar-refractivity contribution < 1.29 is 9.26 Å². The van der Waals surface area contributed by atoms with E-state index in [1.165, 1.54) is 5.69 Å². The van der Waals surface area contributed by atoms with Gasteiger partial charge in [-0.05, 0) is 44.0 Å². The fourth-order valence-electron chi connectivity index (χ4n) is 3.60. The van der Waals surface area contributed by atoms with Crippen LogP contribution in [0.2, 0.25) is 0 Å². The minimum atomic E-state index is 0.376. The molecule has 1 saturated heterocycles. The third kappa shape index (κ3) is 4.23. The first-order valence-electron chi connectivity index (χ1n) is 9.62. The lowest BCUT2D eigenvalue weighted by Gasteiger charge is -2.34. The van der Waals surface area contributed by atoms with E-state index in [1.54, 1.807) is 7.11 Å². The number of hydrogen-bond donors (Lipinski definition) is 1. The number of aryl methyl sites for hydroxylation is 1. The van der Waals surface area contributed by atoms with Crippen molar-refractivity contribution in [2.45, 2.75) is 39.0 Å². The van der Waals surface area contributed by atoms with Gasteiger partial charge in [0, 0.05) is 50.0 Å². The van der Waals surface area contributed by atoms with Gasteiger partial charge in [-0.25, -0.2) is 4.98 Å². The van der Waals surface area contributed by atoms with Crippen LogP contribution in [0.1, 0.15) is 30.4 Å². The SMILES string of the molecule is COCc1noc(CNC2CCN(c3ccc(-n4ccnc4C)cc3)CC2)n1. The van der Waals surface area contributed by atoms with Gasteiger partial charge in [-0.1, -0.05) is 5.16 Å². The first-order valence-corrected chi connectivity index (χ1v) is 9.62. The highest BCUT2D eigenvalue weighted by Gasteiger charge is 2.20. The van der Waals surface area contributed by atoms with Crippen molar-refractivity contribution in [1.82, 2.24) is 25.0 Å². The second-order valence-electron chi connectivity index (χ2n) is 7.04. The molecule has 3 heterocycles. The van der Waals surface area contributed by atoms with Crippen LogP contribution >= 0.6 is 0 Å². The molecule has 2 aromatic heterocycles. The molecule has 1 N–H and O–H groups in total. The van der Waals surface area contributed by atoms with Gasteiger partial charge in [0.05, 0.1) is 6.54 Å². The average Bonchev–Trinajstić information content (AvgIpc) is 3.36. The molecule has 0 spiro atoms. The van der Waals surface area contributed by atoms with Crippen molar-refractivity contribution in [1.29, 1.82) is 0 Å². The van der Waals surface area contributed by atoms with Crippen molar-refractivity contribution in [2.75, 3.05) is 25.1 Å². The largest absolute Gasteiger partial charge is 0.377 e. The number of methoxy groups -OCH3 is 1. The van der Waals surface area contributed by atoms with E-state index in [-0.39, 0.29) is 0 Å². The zero-order chi connectivity index (χ0) is 19.3. The Morgan fingerprint density at radius 2 is 1.93 bits per heavy atom. The molecule has 1 aromatic carbocycles. The monoisotopic (exact) mass is 382 g/mol. The third-order valence-corrected chi connectivity index (χ3v) is 5.14. The Morgan fingerprint density at radius 1 is 1.18 bits per heavy atom. The second-order valence-corrected chi connectivity index (χ2v) is 7.04. The molecule has 0 atom stereocenters. The van der Waals surface area contributed by atoms with Crippen LogP contribution in [-0.4, -0.2) is 45.9 Å². The summed E-state index contributed by atoms with van der Waals surface area (Å²) in [5.74, 6) is 2.19. The van der Waals surface area contributed by atoms with Crippen LogP contribution in [0.25, 0.3) is 5.69 Å². The molecule has 148 valence electrons. The van der Waals surface area contributed by atoms with Crippen molar-refractivity contribution in [3.05, 3.63) is 54.2 Å². The van der Waals surface area contributed by atoms with E-state index in [2.05, 4.69) is 54.2 Å². The van der Waals surface area contributed by atoms with Crippen LogP contribution < -0.4 is 10.2 Å². The van der Waals surface area contributed by atoms with Gasteiger partial charge in [-0.3, -0.25) is 0 Å². The topological polar surface area (TPSA) is 81.2 Å². The standard InChI is InChI=1S/C20H26N6O2/c1-15-21-9-12-26(15)18-5-3-17(4-6-18)25-10-7-16(8-11-25)22-13-20-23-19(14-27-2)24-28-20/h3-6,9,12,16,22H,7-8,10-11,13-14H2,1-2H3. The molecular weight excluding hydrogens is 356 g/mol. The number of anilines is 1. The van der Waals surface area contributed by atoms with Gasteiger partial charge in [-0.15, -0.1) is 0 Å². The molecule has 8 nitrogen and oxygen atoms in total.